The van der Waals surface area contributed by atoms with Gasteiger partial charge >= 0.3 is 0 Å². The fraction of sp³-hybridized carbons (Fsp3) is 0.148. The van der Waals surface area contributed by atoms with Crippen LogP contribution >= 0.6 is 0 Å². The summed E-state index contributed by atoms with van der Waals surface area (Å²) in [6, 6.07) is 25.3. The second-order valence-corrected chi connectivity index (χ2v) is 8.37. The van der Waals surface area contributed by atoms with Gasteiger partial charge in [0.25, 0.3) is 5.69 Å². The Morgan fingerprint density at radius 1 is 0.971 bits per heavy atom. The zero-order chi connectivity index (χ0) is 23.9. The third-order valence-corrected chi connectivity index (χ3v) is 6.69. The van der Waals surface area contributed by atoms with Gasteiger partial charge < -0.3 is 4.90 Å². The van der Waals surface area contributed by atoms with Crippen LogP contribution in [-0.4, -0.2) is 22.8 Å². The fourth-order valence-electron chi connectivity index (χ4n) is 5.20. The molecule has 3 atom stereocenters. The maximum Gasteiger partial charge on any atom is 0.270 e. The predicted molar refractivity (Wildman–Crippen MR) is 126 cm³/mol. The number of non-ortho nitro benzene ring substituents is 1. The molecule has 34 heavy (non-hydrogen) atoms. The SMILES string of the molecule is N#CC1(C#N)[C@H](c2ccccc2)[C@@H](C(=O)c2ccccc2)N2c3ccc([N+](=O)[O-])cc3C=C[C@@H]21. The van der Waals surface area contributed by atoms with Gasteiger partial charge in [-0.1, -0.05) is 72.8 Å². The number of ketones is 1. The number of hydrogen-bond acceptors (Lipinski definition) is 6. The summed E-state index contributed by atoms with van der Waals surface area (Å²) in [7, 11) is 0. The highest BCUT2D eigenvalue weighted by molar-refractivity contribution is 6.04. The highest BCUT2D eigenvalue weighted by atomic mass is 16.6. The van der Waals surface area contributed by atoms with Gasteiger partial charge in [-0.25, -0.2) is 0 Å². The highest BCUT2D eigenvalue weighted by Gasteiger charge is 2.63. The molecule has 0 spiro atoms. The molecule has 0 aromatic heterocycles. The molecule has 2 aliphatic heterocycles. The highest BCUT2D eigenvalue weighted by Crippen LogP contribution is 2.55. The minimum absolute atomic E-state index is 0.0709. The molecule has 0 amide bonds. The zero-order valence-electron chi connectivity index (χ0n) is 17.9. The number of nitro benzene ring substituents is 1. The predicted octanol–water partition coefficient (Wildman–Crippen LogP) is 4.88. The molecule has 0 N–H and O–H groups in total. The Kier molecular flexibility index (Phi) is 4.96. The van der Waals surface area contributed by atoms with Crippen molar-refractivity contribution in [2.75, 3.05) is 4.90 Å². The zero-order valence-corrected chi connectivity index (χ0v) is 17.9. The molecule has 0 saturated carbocycles. The minimum Gasteiger partial charge on any atom is -0.351 e. The summed E-state index contributed by atoms with van der Waals surface area (Å²) in [6.45, 7) is 0. The van der Waals surface area contributed by atoms with Crippen molar-refractivity contribution in [1.82, 2.24) is 0 Å². The van der Waals surface area contributed by atoms with Gasteiger partial charge in [-0.05, 0) is 11.6 Å². The Morgan fingerprint density at radius 3 is 2.24 bits per heavy atom. The lowest BCUT2D eigenvalue weighted by molar-refractivity contribution is -0.384. The number of nitro groups is 1. The first-order chi connectivity index (χ1) is 16.5. The molecular formula is C27H18N4O3. The molecule has 0 unspecified atom stereocenters. The molecule has 164 valence electrons. The van der Waals surface area contributed by atoms with Crippen LogP contribution in [0.15, 0.2) is 84.9 Å². The molecule has 2 heterocycles. The van der Waals surface area contributed by atoms with Crippen molar-refractivity contribution in [3.05, 3.63) is 112 Å². The number of nitrogens with zero attached hydrogens (tertiary/aromatic N) is 4. The standard InChI is InChI=1S/C27H18N4O3/c28-16-27(17-29)23-14-11-20-15-21(31(33)34)12-13-22(20)30(23)25(24(27)18-7-3-1-4-8-18)26(32)19-9-5-2-6-10-19/h1-15,23-25H/t23-,24-,25+/m1/s1. The number of carbonyl (C=O) groups excluding carboxylic acids is 1. The summed E-state index contributed by atoms with van der Waals surface area (Å²) >= 11 is 0. The quantitative estimate of drug-likeness (QED) is 0.321. The second kappa shape index (κ2) is 7.99. The van der Waals surface area contributed by atoms with E-state index in [-0.39, 0.29) is 11.5 Å². The number of hydrogen-bond donors (Lipinski definition) is 0. The van der Waals surface area contributed by atoms with Gasteiger partial charge in [-0.15, -0.1) is 0 Å². The van der Waals surface area contributed by atoms with Gasteiger partial charge in [-0.3, -0.25) is 14.9 Å². The smallest absolute Gasteiger partial charge is 0.270 e. The number of carbonyl (C=O) groups is 1. The van der Waals surface area contributed by atoms with Crippen molar-refractivity contribution >= 4 is 23.2 Å². The normalized spacial score (nSPS) is 21.6. The third-order valence-electron chi connectivity index (χ3n) is 6.69. The molecule has 1 saturated heterocycles. The molecule has 5 rings (SSSR count). The molecule has 0 aliphatic carbocycles. The number of rotatable bonds is 4. The first-order valence-corrected chi connectivity index (χ1v) is 10.7. The van der Waals surface area contributed by atoms with Crippen molar-refractivity contribution in [1.29, 1.82) is 10.5 Å². The van der Waals surface area contributed by atoms with E-state index in [1.807, 2.05) is 36.4 Å². The van der Waals surface area contributed by atoms with E-state index in [0.717, 1.165) is 0 Å². The molecule has 3 aromatic carbocycles. The first-order valence-electron chi connectivity index (χ1n) is 10.7. The molecular weight excluding hydrogens is 428 g/mol. The monoisotopic (exact) mass is 446 g/mol. The summed E-state index contributed by atoms with van der Waals surface area (Å²) in [6.07, 6.45) is 3.41. The van der Waals surface area contributed by atoms with Gasteiger partial charge in [0, 0.05) is 34.9 Å². The average molecular weight is 446 g/mol. The van der Waals surface area contributed by atoms with E-state index in [9.17, 15) is 25.4 Å². The summed E-state index contributed by atoms with van der Waals surface area (Å²) in [5.41, 5.74) is 0.712. The lowest BCUT2D eigenvalue weighted by atomic mass is 9.69. The second-order valence-electron chi connectivity index (χ2n) is 8.37. The van der Waals surface area contributed by atoms with Crippen molar-refractivity contribution < 1.29 is 9.72 Å². The molecule has 1 fully saturated rings. The van der Waals surface area contributed by atoms with Crippen LogP contribution in [0.1, 0.15) is 27.4 Å². The van der Waals surface area contributed by atoms with Crippen LogP contribution in [0.25, 0.3) is 6.08 Å². The Balaban J connectivity index is 1.78. The number of Topliss-reactive ketones (excluding diaryl/α,β-unsaturated/α-hetero) is 1. The lowest BCUT2D eigenvalue weighted by Gasteiger charge is -2.35. The van der Waals surface area contributed by atoms with Crippen LogP contribution in [0, 0.1) is 38.2 Å². The van der Waals surface area contributed by atoms with Crippen LogP contribution in [0.3, 0.4) is 0 Å². The molecule has 0 bridgehead atoms. The lowest BCUT2D eigenvalue weighted by Crippen LogP contribution is -2.44. The van der Waals surface area contributed by atoms with Crippen LogP contribution in [0.2, 0.25) is 0 Å². The van der Waals surface area contributed by atoms with Gasteiger partial charge in [0.2, 0.25) is 0 Å². The maximum absolute atomic E-state index is 14.0. The van der Waals surface area contributed by atoms with E-state index in [1.165, 1.54) is 12.1 Å². The molecule has 7 nitrogen and oxygen atoms in total. The summed E-state index contributed by atoms with van der Waals surface area (Å²) < 4.78 is 0. The molecule has 0 radical (unpaired) electrons. The van der Waals surface area contributed by atoms with E-state index in [1.54, 1.807) is 47.4 Å². The fourth-order valence-corrected chi connectivity index (χ4v) is 5.20. The summed E-state index contributed by atoms with van der Waals surface area (Å²) in [5, 5.41) is 32.1. The largest absolute Gasteiger partial charge is 0.351 e. The number of fused-ring (bicyclic) bond motifs is 3. The van der Waals surface area contributed by atoms with Crippen LogP contribution in [0.4, 0.5) is 11.4 Å². The van der Waals surface area contributed by atoms with E-state index < -0.39 is 28.3 Å². The summed E-state index contributed by atoms with van der Waals surface area (Å²) in [4.78, 5) is 26.7. The Morgan fingerprint density at radius 2 is 1.62 bits per heavy atom. The Bertz CT molecular complexity index is 1390. The van der Waals surface area contributed by atoms with Crippen LogP contribution in [-0.2, 0) is 0 Å². The van der Waals surface area contributed by atoms with E-state index in [0.29, 0.717) is 22.4 Å². The van der Waals surface area contributed by atoms with Crippen LogP contribution in [0.5, 0.6) is 0 Å². The van der Waals surface area contributed by atoms with Gasteiger partial charge in [0.1, 0.15) is 6.04 Å². The summed E-state index contributed by atoms with van der Waals surface area (Å²) in [5.74, 6) is -0.960. The van der Waals surface area contributed by atoms with E-state index >= 15 is 0 Å². The van der Waals surface area contributed by atoms with Crippen molar-refractivity contribution in [3.63, 3.8) is 0 Å². The Hall–Kier alpha value is -4.75. The molecule has 3 aromatic rings. The van der Waals surface area contributed by atoms with Crippen molar-refractivity contribution in [3.8, 4) is 12.1 Å². The van der Waals surface area contributed by atoms with Crippen molar-refractivity contribution in [2.24, 2.45) is 5.41 Å². The molecule has 2 aliphatic rings. The number of nitriles is 2. The van der Waals surface area contributed by atoms with Gasteiger partial charge in [0.05, 0.1) is 23.1 Å². The van der Waals surface area contributed by atoms with E-state index in [4.69, 9.17) is 0 Å². The Labute approximate surface area is 195 Å². The van der Waals surface area contributed by atoms with Gasteiger partial charge in [0.15, 0.2) is 11.2 Å². The maximum atomic E-state index is 14.0. The topological polar surface area (TPSA) is 111 Å². The van der Waals surface area contributed by atoms with E-state index in [2.05, 4.69) is 12.1 Å². The third kappa shape index (κ3) is 2.99. The number of benzene rings is 3. The average Bonchev–Trinajstić information content (AvgIpc) is 3.19. The first kappa shape index (κ1) is 21.1. The number of anilines is 1. The van der Waals surface area contributed by atoms with Crippen molar-refractivity contribution in [2.45, 2.75) is 18.0 Å². The van der Waals surface area contributed by atoms with Gasteiger partial charge in [-0.2, -0.15) is 10.5 Å². The molecule has 7 heteroatoms. The minimum atomic E-state index is -1.55. The van der Waals surface area contributed by atoms with Crippen LogP contribution < -0.4 is 4.90 Å².